The number of rotatable bonds is 5. The summed E-state index contributed by atoms with van der Waals surface area (Å²) in [6, 6.07) is 25.3. The molecule has 1 amide bonds. The number of esters is 1. The Kier molecular flexibility index (Phi) is 5.76. The molecule has 5 heteroatoms. The fraction of sp³-hybridized carbons (Fsp3) is 0.115. The summed E-state index contributed by atoms with van der Waals surface area (Å²) in [5.74, 6) is -0.898. The maximum Gasteiger partial charge on any atom is 0.333 e. The minimum atomic E-state index is -0.910. The molecule has 3 aromatic carbocycles. The molecule has 4 aromatic rings. The predicted octanol–water partition coefficient (Wildman–Crippen LogP) is 4.85. The van der Waals surface area contributed by atoms with Gasteiger partial charge >= 0.3 is 5.97 Å². The van der Waals surface area contributed by atoms with Gasteiger partial charge in [0.05, 0.1) is 23.9 Å². The standard InChI is InChI=1S/C26H22N2O3/c1-17-10-6-7-13-19(17)23-16-21(20-14-8-9-15-22(20)27-23)25(29)28-24(26(30)31-2)18-11-4-3-5-12-18/h3-16,24H,1-2H3,(H,28,29)/t24-/m1/s1. The number of nitrogens with zero attached hydrogens (tertiary/aromatic N) is 1. The van der Waals surface area contributed by atoms with E-state index in [-0.39, 0.29) is 5.91 Å². The number of hydrogen-bond acceptors (Lipinski definition) is 4. The lowest BCUT2D eigenvalue weighted by atomic mass is 10.00. The van der Waals surface area contributed by atoms with Gasteiger partial charge in [0.25, 0.3) is 5.91 Å². The van der Waals surface area contributed by atoms with Gasteiger partial charge in [0.2, 0.25) is 0 Å². The Morgan fingerprint density at radius 2 is 1.58 bits per heavy atom. The first-order valence-electron chi connectivity index (χ1n) is 9.98. The number of fused-ring (bicyclic) bond motifs is 1. The molecule has 0 aliphatic carbocycles. The molecule has 0 aliphatic heterocycles. The molecule has 31 heavy (non-hydrogen) atoms. The van der Waals surface area contributed by atoms with E-state index in [1.165, 1.54) is 7.11 Å². The number of hydrogen-bond donors (Lipinski definition) is 1. The van der Waals surface area contributed by atoms with Crippen molar-refractivity contribution in [1.29, 1.82) is 0 Å². The van der Waals surface area contributed by atoms with Gasteiger partial charge < -0.3 is 10.1 Å². The molecule has 0 radical (unpaired) electrons. The molecule has 0 unspecified atom stereocenters. The molecule has 0 bridgehead atoms. The molecule has 1 N–H and O–H groups in total. The lowest BCUT2D eigenvalue weighted by Gasteiger charge is -2.18. The Labute approximate surface area is 180 Å². The average Bonchev–Trinajstić information content (AvgIpc) is 2.82. The first-order valence-corrected chi connectivity index (χ1v) is 9.98. The Balaban J connectivity index is 1.80. The van der Waals surface area contributed by atoms with E-state index in [0.717, 1.165) is 11.1 Å². The van der Waals surface area contributed by atoms with Crippen LogP contribution in [0.1, 0.15) is 27.5 Å². The number of para-hydroxylation sites is 1. The number of carbonyl (C=O) groups excluding carboxylic acids is 2. The molecule has 5 nitrogen and oxygen atoms in total. The summed E-state index contributed by atoms with van der Waals surface area (Å²) < 4.78 is 4.93. The second-order valence-electron chi connectivity index (χ2n) is 7.23. The van der Waals surface area contributed by atoms with Gasteiger partial charge in [-0.25, -0.2) is 9.78 Å². The summed E-state index contributed by atoms with van der Waals surface area (Å²) in [7, 11) is 1.31. The molecular weight excluding hydrogens is 388 g/mol. The SMILES string of the molecule is COC(=O)[C@H](NC(=O)c1cc(-c2ccccc2C)nc2ccccc12)c1ccccc1. The van der Waals surface area contributed by atoms with Crippen LogP contribution in [-0.4, -0.2) is 24.0 Å². The van der Waals surface area contributed by atoms with Crippen LogP contribution >= 0.6 is 0 Å². The van der Waals surface area contributed by atoms with Crippen molar-refractivity contribution >= 4 is 22.8 Å². The number of carbonyl (C=O) groups is 2. The van der Waals surface area contributed by atoms with Gasteiger partial charge in [-0.05, 0) is 30.2 Å². The second kappa shape index (κ2) is 8.79. The van der Waals surface area contributed by atoms with Gasteiger partial charge in [-0.3, -0.25) is 4.79 Å². The highest BCUT2D eigenvalue weighted by atomic mass is 16.5. The molecule has 0 spiro atoms. The first-order chi connectivity index (χ1) is 15.1. The quantitative estimate of drug-likeness (QED) is 0.478. The topological polar surface area (TPSA) is 68.3 Å². The van der Waals surface area contributed by atoms with Crippen LogP contribution in [0.25, 0.3) is 22.2 Å². The highest BCUT2D eigenvalue weighted by Crippen LogP contribution is 2.27. The largest absolute Gasteiger partial charge is 0.467 e. The van der Waals surface area contributed by atoms with Crippen molar-refractivity contribution in [3.8, 4) is 11.3 Å². The second-order valence-corrected chi connectivity index (χ2v) is 7.23. The highest BCUT2D eigenvalue weighted by molar-refractivity contribution is 6.08. The molecular formula is C26H22N2O3. The number of pyridine rings is 1. The number of methoxy groups -OCH3 is 1. The Morgan fingerprint density at radius 3 is 2.32 bits per heavy atom. The van der Waals surface area contributed by atoms with Gasteiger partial charge in [0.15, 0.2) is 6.04 Å². The maximum atomic E-state index is 13.4. The van der Waals surface area contributed by atoms with Crippen LogP contribution in [0, 0.1) is 6.92 Å². The van der Waals surface area contributed by atoms with Crippen molar-refractivity contribution in [3.63, 3.8) is 0 Å². The lowest BCUT2D eigenvalue weighted by molar-refractivity contribution is -0.143. The van der Waals surface area contributed by atoms with Gasteiger partial charge in [-0.1, -0.05) is 72.8 Å². The van der Waals surface area contributed by atoms with Crippen molar-refractivity contribution in [1.82, 2.24) is 10.3 Å². The molecule has 4 rings (SSSR count). The Hall–Kier alpha value is -3.99. The predicted molar refractivity (Wildman–Crippen MR) is 121 cm³/mol. The van der Waals surface area contributed by atoms with Gasteiger partial charge in [0.1, 0.15) is 0 Å². The fourth-order valence-electron chi connectivity index (χ4n) is 3.61. The van der Waals surface area contributed by atoms with Gasteiger partial charge in [-0.15, -0.1) is 0 Å². The van der Waals surface area contributed by atoms with Crippen LogP contribution in [0.4, 0.5) is 0 Å². The molecule has 1 heterocycles. The summed E-state index contributed by atoms with van der Waals surface area (Å²) in [5.41, 5.74) is 4.54. The van der Waals surface area contributed by atoms with E-state index in [1.807, 2.05) is 73.7 Å². The molecule has 1 atom stereocenters. The van der Waals surface area contributed by atoms with Crippen molar-refractivity contribution in [2.24, 2.45) is 0 Å². The molecule has 0 aliphatic rings. The zero-order valence-corrected chi connectivity index (χ0v) is 17.3. The van der Waals surface area contributed by atoms with E-state index >= 15 is 0 Å². The number of benzene rings is 3. The minimum Gasteiger partial charge on any atom is -0.467 e. The summed E-state index contributed by atoms with van der Waals surface area (Å²) in [6.07, 6.45) is 0. The zero-order chi connectivity index (χ0) is 21.8. The van der Waals surface area contributed by atoms with Crippen molar-refractivity contribution in [2.75, 3.05) is 7.11 Å². The van der Waals surface area contributed by atoms with E-state index < -0.39 is 12.0 Å². The van der Waals surface area contributed by atoms with Crippen molar-refractivity contribution < 1.29 is 14.3 Å². The number of ether oxygens (including phenoxy) is 1. The maximum absolute atomic E-state index is 13.4. The summed E-state index contributed by atoms with van der Waals surface area (Å²) in [5, 5.41) is 3.56. The fourth-order valence-corrected chi connectivity index (χ4v) is 3.61. The third kappa shape index (κ3) is 4.16. The van der Waals surface area contributed by atoms with E-state index in [2.05, 4.69) is 5.32 Å². The summed E-state index contributed by atoms with van der Waals surface area (Å²) >= 11 is 0. The molecule has 154 valence electrons. The van der Waals surface area contributed by atoms with E-state index in [0.29, 0.717) is 27.7 Å². The zero-order valence-electron chi connectivity index (χ0n) is 17.3. The number of nitrogens with one attached hydrogen (secondary N) is 1. The Morgan fingerprint density at radius 1 is 0.903 bits per heavy atom. The number of aromatic nitrogens is 1. The molecule has 0 fully saturated rings. The van der Waals surface area contributed by atoms with Crippen LogP contribution in [0.15, 0.2) is 84.9 Å². The van der Waals surface area contributed by atoms with Gasteiger partial charge in [-0.2, -0.15) is 0 Å². The van der Waals surface area contributed by atoms with Crippen LogP contribution in [0.5, 0.6) is 0 Å². The Bertz CT molecular complexity index is 1250. The summed E-state index contributed by atoms with van der Waals surface area (Å²) in [4.78, 5) is 30.6. The van der Waals surface area contributed by atoms with Crippen molar-refractivity contribution in [2.45, 2.75) is 13.0 Å². The third-order valence-corrected chi connectivity index (χ3v) is 5.23. The van der Waals surface area contributed by atoms with Crippen LogP contribution in [-0.2, 0) is 9.53 Å². The number of amides is 1. The third-order valence-electron chi connectivity index (χ3n) is 5.23. The van der Waals surface area contributed by atoms with Crippen LogP contribution in [0.2, 0.25) is 0 Å². The highest BCUT2D eigenvalue weighted by Gasteiger charge is 2.25. The van der Waals surface area contributed by atoms with Crippen LogP contribution in [0.3, 0.4) is 0 Å². The molecule has 0 saturated heterocycles. The lowest BCUT2D eigenvalue weighted by Crippen LogP contribution is -2.34. The van der Waals surface area contributed by atoms with Crippen molar-refractivity contribution in [3.05, 3.63) is 102 Å². The van der Waals surface area contributed by atoms with Crippen LogP contribution < -0.4 is 5.32 Å². The smallest absolute Gasteiger partial charge is 0.333 e. The normalized spacial score (nSPS) is 11.7. The molecule has 0 saturated carbocycles. The summed E-state index contributed by atoms with van der Waals surface area (Å²) in [6.45, 7) is 2.01. The van der Waals surface area contributed by atoms with E-state index in [4.69, 9.17) is 9.72 Å². The number of aryl methyl sites for hydroxylation is 1. The minimum absolute atomic E-state index is 0.368. The monoisotopic (exact) mass is 410 g/mol. The van der Waals surface area contributed by atoms with Gasteiger partial charge in [0, 0.05) is 10.9 Å². The first kappa shape index (κ1) is 20.3. The molecule has 1 aromatic heterocycles. The average molecular weight is 410 g/mol. The van der Waals surface area contributed by atoms with E-state index in [9.17, 15) is 9.59 Å². The van der Waals surface area contributed by atoms with E-state index in [1.54, 1.807) is 18.2 Å².